The van der Waals surface area contributed by atoms with Crippen LogP contribution in [0, 0.1) is 13.8 Å². The number of amides is 1. The van der Waals surface area contributed by atoms with E-state index in [1.807, 2.05) is 44.2 Å². The molecule has 1 heterocycles. The fourth-order valence-corrected chi connectivity index (χ4v) is 3.42. The van der Waals surface area contributed by atoms with Gasteiger partial charge in [0.25, 0.3) is 5.91 Å². The van der Waals surface area contributed by atoms with Gasteiger partial charge in [-0.05, 0) is 62.4 Å². The molecule has 0 atom stereocenters. The summed E-state index contributed by atoms with van der Waals surface area (Å²) in [4.78, 5) is 12.1. The van der Waals surface area contributed by atoms with E-state index < -0.39 is 0 Å². The molecule has 1 N–H and O–H groups in total. The molecule has 4 nitrogen and oxygen atoms in total. The van der Waals surface area contributed by atoms with E-state index in [0.29, 0.717) is 5.56 Å². The molecular formula is C20H17Br2N3O. The fraction of sp³-hybridized carbons (Fsp3) is 0.100. The minimum Gasteiger partial charge on any atom is -0.318 e. The summed E-state index contributed by atoms with van der Waals surface area (Å²) in [5.74, 6) is -0.246. The Morgan fingerprint density at radius 2 is 1.77 bits per heavy atom. The Morgan fingerprint density at radius 1 is 1.04 bits per heavy atom. The summed E-state index contributed by atoms with van der Waals surface area (Å²) >= 11 is 6.82. The predicted molar refractivity (Wildman–Crippen MR) is 112 cm³/mol. The fourth-order valence-electron chi connectivity index (χ4n) is 2.76. The lowest BCUT2D eigenvalue weighted by Crippen LogP contribution is -2.17. The third-order valence-corrected chi connectivity index (χ3v) is 5.03. The van der Waals surface area contributed by atoms with Crippen LogP contribution in [0.15, 0.2) is 68.6 Å². The van der Waals surface area contributed by atoms with Crippen LogP contribution in [0.5, 0.6) is 0 Å². The zero-order chi connectivity index (χ0) is 18.7. The van der Waals surface area contributed by atoms with Crippen molar-refractivity contribution < 1.29 is 4.79 Å². The first-order valence-corrected chi connectivity index (χ1v) is 9.58. The molecule has 26 heavy (non-hydrogen) atoms. The highest BCUT2D eigenvalue weighted by Crippen LogP contribution is 2.21. The van der Waals surface area contributed by atoms with Crippen molar-refractivity contribution in [3.63, 3.8) is 0 Å². The molecule has 0 bridgehead atoms. The number of rotatable bonds is 4. The van der Waals surface area contributed by atoms with E-state index in [9.17, 15) is 4.79 Å². The van der Waals surface area contributed by atoms with E-state index >= 15 is 0 Å². The lowest BCUT2D eigenvalue weighted by atomic mass is 10.2. The average Bonchev–Trinajstić information content (AvgIpc) is 2.89. The van der Waals surface area contributed by atoms with Crippen molar-refractivity contribution in [2.45, 2.75) is 13.8 Å². The maximum Gasteiger partial charge on any atom is 0.271 e. The van der Waals surface area contributed by atoms with Crippen LogP contribution >= 0.6 is 31.9 Å². The zero-order valence-electron chi connectivity index (χ0n) is 14.3. The van der Waals surface area contributed by atoms with Crippen molar-refractivity contribution in [2.75, 3.05) is 0 Å². The van der Waals surface area contributed by atoms with Gasteiger partial charge >= 0.3 is 0 Å². The molecule has 0 unspecified atom stereocenters. The lowest BCUT2D eigenvalue weighted by Gasteiger charge is -2.09. The summed E-state index contributed by atoms with van der Waals surface area (Å²) in [7, 11) is 0. The molecule has 0 aliphatic rings. The summed E-state index contributed by atoms with van der Waals surface area (Å²) in [6, 6.07) is 17.4. The minimum absolute atomic E-state index is 0.246. The Hall–Kier alpha value is -2.18. The first-order valence-electron chi connectivity index (χ1n) is 7.99. The van der Waals surface area contributed by atoms with Crippen molar-refractivity contribution in [1.29, 1.82) is 0 Å². The lowest BCUT2D eigenvalue weighted by molar-refractivity contribution is 0.0955. The number of benzene rings is 2. The standard InChI is InChI=1S/C20H17Br2N3O/c1-13-10-16(14(2)25(13)19-8-6-17(21)7-9-19)12-23-24-20(26)15-4-3-5-18(22)11-15/h3-12H,1-2H3,(H,24,26)/b23-12-. The van der Waals surface area contributed by atoms with Crippen molar-refractivity contribution in [2.24, 2.45) is 5.10 Å². The molecule has 1 amide bonds. The van der Waals surface area contributed by atoms with Crippen LogP contribution in [0.2, 0.25) is 0 Å². The van der Waals surface area contributed by atoms with Crippen molar-refractivity contribution in [3.05, 3.63) is 86.1 Å². The Kier molecular flexibility index (Phi) is 5.74. The van der Waals surface area contributed by atoms with Crippen molar-refractivity contribution in [1.82, 2.24) is 9.99 Å². The van der Waals surface area contributed by atoms with Gasteiger partial charge < -0.3 is 4.57 Å². The molecule has 0 spiro atoms. The van der Waals surface area contributed by atoms with Crippen molar-refractivity contribution >= 4 is 44.0 Å². The molecule has 1 aromatic heterocycles. The number of halogens is 2. The molecule has 0 aliphatic heterocycles. The Bertz CT molecular complexity index is 975. The summed E-state index contributed by atoms with van der Waals surface area (Å²) in [6.07, 6.45) is 1.67. The maximum atomic E-state index is 12.1. The van der Waals surface area contributed by atoms with E-state index in [1.54, 1.807) is 18.3 Å². The third-order valence-electron chi connectivity index (χ3n) is 4.01. The first-order chi connectivity index (χ1) is 12.5. The normalized spacial score (nSPS) is 11.1. The highest BCUT2D eigenvalue weighted by Gasteiger charge is 2.10. The number of aromatic nitrogens is 1. The molecule has 0 saturated heterocycles. The summed E-state index contributed by atoms with van der Waals surface area (Å²) in [5.41, 5.74) is 7.33. The number of nitrogens with zero attached hydrogens (tertiary/aromatic N) is 2. The van der Waals surface area contributed by atoms with E-state index in [0.717, 1.165) is 31.6 Å². The maximum absolute atomic E-state index is 12.1. The van der Waals surface area contributed by atoms with Crippen molar-refractivity contribution in [3.8, 4) is 5.69 Å². The van der Waals surface area contributed by atoms with Crippen LogP contribution in [-0.2, 0) is 0 Å². The number of hydrazone groups is 1. The average molecular weight is 475 g/mol. The topological polar surface area (TPSA) is 46.4 Å². The predicted octanol–water partition coefficient (Wildman–Crippen LogP) is 5.38. The first kappa shape index (κ1) is 18.6. The number of nitrogens with one attached hydrogen (secondary N) is 1. The zero-order valence-corrected chi connectivity index (χ0v) is 17.5. The SMILES string of the molecule is Cc1cc(/C=N\NC(=O)c2cccc(Br)c2)c(C)n1-c1ccc(Br)cc1. The molecule has 3 rings (SSSR count). The van der Waals surface area contributed by atoms with Gasteiger partial charge in [-0.1, -0.05) is 37.9 Å². The van der Waals surface area contributed by atoms with Gasteiger partial charge in [0.2, 0.25) is 0 Å². The second-order valence-electron chi connectivity index (χ2n) is 5.85. The van der Waals surface area contributed by atoms with Gasteiger partial charge in [-0.25, -0.2) is 5.43 Å². The number of aryl methyl sites for hydroxylation is 1. The van der Waals surface area contributed by atoms with E-state index in [2.05, 4.69) is 59.1 Å². The number of hydrogen-bond donors (Lipinski definition) is 1. The molecule has 0 radical (unpaired) electrons. The molecule has 0 fully saturated rings. The molecular weight excluding hydrogens is 458 g/mol. The van der Waals surface area contributed by atoms with Gasteiger partial charge in [0.15, 0.2) is 0 Å². The largest absolute Gasteiger partial charge is 0.318 e. The number of carbonyl (C=O) groups excluding carboxylic acids is 1. The number of hydrogen-bond acceptors (Lipinski definition) is 2. The monoisotopic (exact) mass is 473 g/mol. The molecule has 2 aromatic carbocycles. The molecule has 0 saturated carbocycles. The van der Waals surface area contributed by atoms with Crippen LogP contribution in [0.25, 0.3) is 5.69 Å². The third kappa shape index (κ3) is 4.14. The van der Waals surface area contributed by atoms with E-state index in [1.165, 1.54) is 0 Å². The van der Waals surface area contributed by atoms with Crippen LogP contribution in [-0.4, -0.2) is 16.7 Å². The minimum atomic E-state index is -0.246. The quantitative estimate of drug-likeness (QED) is 0.400. The van der Waals surface area contributed by atoms with Gasteiger partial charge in [0, 0.05) is 37.1 Å². The summed E-state index contributed by atoms with van der Waals surface area (Å²) in [5, 5.41) is 4.11. The van der Waals surface area contributed by atoms with Crippen LogP contribution in [0.3, 0.4) is 0 Å². The smallest absolute Gasteiger partial charge is 0.271 e. The van der Waals surface area contributed by atoms with Crippen LogP contribution < -0.4 is 5.43 Å². The molecule has 132 valence electrons. The Labute approximate surface area is 169 Å². The molecule has 0 aliphatic carbocycles. The van der Waals surface area contributed by atoms with E-state index in [4.69, 9.17) is 0 Å². The van der Waals surface area contributed by atoms with Crippen LogP contribution in [0.4, 0.5) is 0 Å². The van der Waals surface area contributed by atoms with Gasteiger partial charge in [0.1, 0.15) is 0 Å². The number of carbonyl (C=O) groups is 1. The Balaban J connectivity index is 1.78. The van der Waals surface area contributed by atoms with Gasteiger partial charge in [-0.15, -0.1) is 0 Å². The summed E-state index contributed by atoms with van der Waals surface area (Å²) in [6.45, 7) is 4.08. The second-order valence-corrected chi connectivity index (χ2v) is 7.68. The highest BCUT2D eigenvalue weighted by atomic mass is 79.9. The Morgan fingerprint density at radius 3 is 2.46 bits per heavy atom. The second kappa shape index (κ2) is 8.01. The van der Waals surface area contributed by atoms with Gasteiger partial charge in [-0.3, -0.25) is 4.79 Å². The highest BCUT2D eigenvalue weighted by molar-refractivity contribution is 9.10. The molecule has 6 heteroatoms. The van der Waals surface area contributed by atoms with Gasteiger partial charge in [0.05, 0.1) is 6.21 Å². The van der Waals surface area contributed by atoms with E-state index in [-0.39, 0.29) is 5.91 Å². The van der Waals surface area contributed by atoms with Gasteiger partial charge in [-0.2, -0.15) is 5.10 Å². The molecule has 3 aromatic rings. The summed E-state index contributed by atoms with van der Waals surface area (Å²) < 4.78 is 4.05. The van der Waals surface area contributed by atoms with Crippen LogP contribution in [0.1, 0.15) is 27.3 Å².